The summed E-state index contributed by atoms with van der Waals surface area (Å²) in [5, 5.41) is 0. The molecule has 0 radical (unpaired) electrons. The van der Waals surface area contributed by atoms with E-state index in [4.69, 9.17) is 21.3 Å². The molecule has 3 rings (SSSR count). The smallest absolute Gasteiger partial charge is 0.205 e. The molecule has 2 aliphatic rings. The maximum atomic E-state index is 5.48. The Bertz CT molecular complexity index is 564. The predicted octanol–water partition coefficient (Wildman–Crippen LogP) is 2.14. The van der Waals surface area contributed by atoms with Gasteiger partial charge in [0.25, 0.3) is 0 Å². The van der Waals surface area contributed by atoms with Crippen molar-refractivity contribution in [2.45, 2.75) is 0 Å². The minimum atomic E-state index is 0.460. The summed E-state index contributed by atoms with van der Waals surface area (Å²) in [6, 6.07) is 3.82. The molecule has 21 heavy (non-hydrogen) atoms. The Morgan fingerprint density at radius 3 is 1.90 bits per heavy atom. The van der Waals surface area contributed by atoms with Gasteiger partial charge in [-0.1, -0.05) is 0 Å². The molecule has 3 heterocycles. The summed E-state index contributed by atoms with van der Waals surface area (Å²) in [7, 11) is 4.51. The van der Waals surface area contributed by atoms with Gasteiger partial charge in [-0.3, -0.25) is 0 Å². The maximum absolute atomic E-state index is 5.48. The number of aromatic nitrogens is 1. The van der Waals surface area contributed by atoms with E-state index in [1.807, 2.05) is 51.0 Å². The zero-order valence-corrected chi connectivity index (χ0v) is 13.6. The fourth-order valence-corrected chi connectivity index (χ4v) is 2.67. The van der Waals surface area contributed by atoms with Crippen LogP contribution in [0.25, 0.3) is 0 Å². The molecule has 0 saturated heterocycles. The number of anilines is 2. The Hall–Kier alpha value is -1.85. The second-order valence-corrected chi connectivity index (χ2v) is 5.80. The van der Waals surface area contributed by atoms with Crippen molar-refractivity contribution in [3.63, 3.8) is 0 Å². The quantitative estimate of drug-likeness (QED) is 0.786. The highest BCUT2D eigenvalue weighted by Gasteiger charge is 2.18. The van der Waals surface area contributed by atoms with Crippen molar-refractivity contribution in [1.29, 1.82) is 0 Å². The summed E-state index contributed by atoms with van der Waals surface area (Å²) in [5.74, 6) is 2.44. The summed E-state index contributed by atoms with van der Waals surface area (Å²) in [5.41, 5.74) is 0. The molecule has 1 aromatic rings. The number of nitrogens with zero attached hydrogens (tertiary/aromatic N) is 5. The minimum absolute atomic E-state index is 0.460. The average molecular weight is 321 g/mol. The van der Waals surface area contributed by atoms with Gasteiger partial charge in [0.1, 0.15) is 17.4 Å². The van der Waals surface area contributed by atoms with Crippen LogP contribution in [-0.2, 0) is 11.8 Å². The number of pyridine rings is 1. The van der Waals surface area contributed by atoms with Gasteiger partial charge in [-0.05, 0) is 11.8 Å². The molecule has 0 aliphatic carbocycles. The van der Waals surface area contributed by atoms with Gasteiger partial charge < -0.3 is 24.1 Å². The monoisotopic (exact) mass is 321 g/mol. The van der Waals surface area contributed by atoms with Gasteiger partial charge in [0, 0.05) is 51.0 Å². The van der Waals surface area contributed by atoms with E-state index >= 15 is 0 Å². The SMILES string of the molecule is CN1C=CN(c2cc(OP=S)cc(N3C=CN(C)C3)n2)C1. The molecule has 2 aliphatic heterocycles. The van der Waals surface area contributed by atoms with Crippen LogP contribution in [0.4, 0.5) is 11.6 Å². The van der Waals surface area contributed by atoms with Crippen molar-refractivity contribution < 1.29 is 4.52 Å². The van der Waals surface area contributed by atoms with Crippen molar-refractivity contribution in [2.75, 3.05) is 37.2 Å². The van der Waals surface area contributed by atoms with E-state index in [1.165, 1.54) is 0 Å². The molecule has 6 nitrogen and oxygen atoms in total. The van der Waals surface area contributed by atoms with Gasteiger partial charge in [-0.25, -0.2) is 4.98 Å². The average Bonchev–Trinajstić information content (AvgIpc) is 3.08. The lowest BCUT2D eigenvalue weighted by Crippen LogP contribution is -2.25. The van der Waals surface area contributed by atoms with Crippen molar-refractivity contribution in [3.05, 3.63) is 36.9 Å². The molecule has 110 valence electrons. The molecular weight excluding hydrogens is 305 g/mol. The first-order valence-electron chi connectivity index (χ1n) is 6.48. The van der Waals surface area contributed by atoms with E-state index in [2.05, 4.69) is 19.6 Å². The van der Waals surface area contributed by atoms with Crippen LogP contribution >= 0.6 is 7.58 Å². The van der Waals surface area contributed by atoms with Crippen LogP contribution in [0.3, 0.4) is 0 Å². The van der Waals surface area contributed by atoms with E-state index in [0.717, 1.165) is 30.7 Å². The lowest BCUT2D eigenvalue weighted by molar-refractivity contribution is 0.491. The summed E-state index contributed by atoms with van der Waals surface area (Å²) in [6.07, 6.45) is 8.05. The largest absolute Gasteiger partial charge is 0.428 e. The van der Waals surface area contributed by atoms with Crippen LogP contribution in [0.15, 0.2) is 36.9 Å². The summed E-state index contributed by atoms with van der Waals surface area (Å²) in [6.45, 7) is 1.55. The van der Waals surface area contributed by atoms with E-state index < -0.39 is 0 Å². The highest BCUT2D eigenvalue weighted by atomic mass is 32.4. The Morgan fingerprint density at radius 1 is 1.00 bits per heavy atom. The molecule has 0 unspecified atom stereocenters. The number of rotatable bonds is 4. The van der Waals surface area contributed by atoms with Crippen molar-refractivity contribution in [2.24, 2.45) is 0 Å². The van der Waals surface area contributed by atoms with Crippen molar-refractivity contribution >= 4 is 31.0 Å². The van der Waals surface area contributed by atoms with Crippen LogP contribution < -0.4 is 14.3 Å². The van der Waals surface area contributed by atoms with Crippen LogP contribution in [0.1, 0.15) is 0 Å². The normalized spacial score (nSPS) is 17.4. The molecule has 0 N–H and O–H groups in total. The van der Waals surface area contributed by atoms with Crippen LogP contribution in [0.5, 0.6) is 5.75 Å². The fraction of sp³-hybridized carbons (Fsp3) is 0.308. The van der Waals surface area contributed by atoms with Gasteiger partial charge in [0.15, 0.2) is 0 Å². The molecule has 0 fully saturated rings. The van der Waals surface area contributed by atoms with Crippen molar-refractivity contribution in [3.8, 4) is 5.75 Å². The third-order valence-corrected chi connectivity index (χ3v) is 3.77. The zero-order chi connectivity index (χ0) is 14.8. The maximum Gasteiger partial charge on any atom is 0.205 e. The summed E-state index contributed by atoms with van der Waals surface area (Å²) >= 11 is 4.89. The van der Waals surface area contributed by atoms with Gasteiger partial charge in [0.2, 0.25) is 7.58 Å². The van der Waals surface area contributed by atoms with E-state index in [-0.39, 0.29) is 0 Å². The minimum Gasteiger partial charge on any atom is -0.428 e. The van der Waals surface area contributed by atoms with Gasteiger partial charge in [-0.15, -0.1) is 0 Å². The molecule has 0 aromatic carbocycles. The molecule has 8 heteroatoms. The molecule has 0 saturated carbocycles. The van der Waals surface area contributed by atoms with Crippen molar-refractivity contribution in [1.82, 2.24) is 14.8 Å². The third-order valence-electron chi connectivity index (χ3n) is 3.26. The molecule has 0 bridgehead atoms. The third kappa shape index (κ3) is 3.09. The first-order valence-corrected chi connectivity index (χ1v) is 8.30. The molecule has 0 spiro atoms. The van der Waals surface area contributed by atoms with Crippen LogP contribution in [0, 0.1) is 0 Å². The molecular formula is C13H16N5OPS. The summed E-state index contributed by atoms with van der Waals surface area (Å²) < 4.78 is 5.48. The lowest BCUT2D eigenvalue weighted by Gasteiger charge is -2.22. The lowest BCUT2D eigenvalue weighted by atomic mass is 10.3. The first kappa shape index (κ1) is 14.1. The van der Waals surface area contributed by atoms with E-state index in [1.54, 1.807) is 0 Å². The molecule has 1 aromatic heterocycles. The highest BCUT2D eigenvalue weighted by molar-refractivity contribution is 7.94. The second-order valence-electron chi connectivity index (χ2n) is 5.02. The summed E-state index contributed by atoms with van der Waals surface area (Å²) in [4.78, 5) is 13.0. The Labute approximate surface area is 130 Å². The Kier molecular flexibility index (Phi) is 3.94. The predicted molar refractivity (Wildman–Crippen MR) is 87.6 cm³/mol. The highest BCUT2D eigenvalue weighted by Crippen LogP contribution is 2.29. The Balaban J connectivity index is 1.92. The number of hydrogen-bond donors (Lipinski definition) is 0. The van der Waals surface area contributed by atoms with E-state index in [0.29, 0.717) is 7.58 Å². The van der Waals surface area contributed by atoms with Crippen LogP contribution in [0.2, 0.25) is 0 Å². The number of hydrogen-bond acceptors (Lipinski definition) is 7. The topological polar surface area (TPSA) is 35.1 Å². The standard InChI is InChI=1S/C13H16N5OPS/c1-15-3-5-17(9-15)12-7-11(19-20-21)8-13(14-12)18-6-4-16(2)10-18/h3-8H,9-10H2,1-2H3. The van der Waals surface area contributed by atoms with Crippen LogP contribution in [-0.4, -0.2) is 42.2 Å². The first-order chi connectivity index (χ1) is 10.2. The van der Waals surface area contributed by atoms with Gasteiger partial charge in [0.05, 0.1) is 13.3 Å². The Morgan fingerprint density at radius 2 is 1.52 bits per heavy atom. The molecule has 0 amide bonds. The zero-order valence-electron chi connectivity index (χ0n) is 11.9. The second kappa shape index (κ2) is 5.87. The molecule has 0 atom stereocenters. The van der Waals surface area contributed by atoms with Gasteiger partial charge in [-0.2, -0.15) is 0 Å². The van der Waals surface area contributed by atoms with Gasteiger partial charge >= 0.3 is 0 Å². The fourth-order valence-electron chi connectivity index (χ4n) is 2.22. The van der Waals surface area contributed by atoms with E-state index in [9.17, 15) is 0 Å².